The summed E-state index contributed by atoms with van der Waals surface area (Å²) in [6.45, 7) is 0. The van der Waals surface area contributed by atoms with Crippen LogP contribution in [0.25, 0.3) is 0 Å². The maximum absolute atomic E-state index is 10.8. The predicted molar refractivity (Wildman–Crippen MR) is 61.2 cm³/mol. The second kappa shape index (κ2) is 5.35. The van der Waals surface area contributed by atoms with Crippen LogP contribution in [0.2, 0.25) is 0 Å². The third-order valence-electron chi connectivity index (χ3n) is 1.71. The molecule has 0 atom stereocenters. The smallest absolute Gasteiger partial charge is 0.357 e. The maximum atomic E-state index is 10.8. The number of alkyl halides is 2. The number of aromatic carboxylic acids is 2. The zero-order valence-corrected chi connectivity index (χ0v) is 10.9. The van der Waals surface area contributed by atoms with Gasteiger partial charge in [-0.3, -0.25) is 0 Å². The van der Waals surface area contributed by atoms with E-state index in [0.29, 0.717) is 22.0 Å². The molecule has 1 heterocycles. The lowest BCUT2D eigenvalue weighted by Gasteiger charge is -2.06. The second-order valence-corrected chi connectivity index (χ2v) is 3.81. The molecule has 0 amide bonds. The molecule has 86 valence electrons. The fraction of sp³-hybridized carbons (Fsp3) is 0.250. The summed E-state index contributed by atoms with van der Waals surface area (Å²) in [6, 6.07) is 0. The molecule has 6 nitrogen and oxygen atoms in total. The van der Waals surface area contributed by atoms with Crippen molar-refractivity contribution in [2.24, 2.45) is 0 Å². The number of hydrogen-bond acceptors (Lipinski definition) is 4. The van der Waals surface area contributed by atoms with Crippen LogP contribution in [-0.4, -0.2) is 32.1 Å². The first-order valence-electron chi connectivity index (χ1n) is 3.99. The lowest BCUT2D eigenvalue weighted by atomic mass is 10.2. The van der Waals surface area contributed by atoms with Gasteiger partial charge in [0, 0.05) is 10.7 Å². The molecule has 16 heavy (non-hydrogen) atoms. The van der Waals surface area contributed by atoms with E-state index in [1.54, 1.807) is 0 Å². The summed E-state index contributed by atoms with van der Waals surface area (Å²) < 4.78 is 0. The Morgan fingerprint density at radius 3 is 1.44 bits per heavy atom. The fourth-order valence-electron chi connectivity index (χ4n) is 1.02. The average molecular weight is 354 g/mol. The molecule has 0 saturated heterocycles. The minimum absolute atomic E-state index is 0.307. The molecule has 0 aliphatic carbocycles. The van der Waals surface area contributed by atoms with Gasteiger partial charge in [-0.05, 0) is 0 Å². The van der Waals surface area contributed by atoms with Gasteiger partial charge in [-0.1, -0.05) is 31.9 Å². The van der Waals surface area contributed by atoms with E-state index in [-0.39, 0.29) is 0 Å². The predicted octanol–water partition coefficient (Wildman–Crippen LogP) is 1.66. The number of nitrogens with zero attached hydrogens (tertiary/aromatic N) is 2. The van der Waals surface area contributed by atoms with Crippen LogP contribution in [0, 0.1) is 0 Å². The van der Waals surface area contributed by atoms with Gasteiger partial charge in [0.05, 0.1) is 11.4 Å². The molecule has 0 saturated carbocycles. The normalized spacial score (nSPS) is 10.1. The highest BCUT2D eigenvalue weighted by molar-refractivity contribution is 9.09. The van der Waals surface area contributed by atoms with Gasteiger partial charge in [0.2, 0.25) is 0 Å². The quantitative estimate of drug-likeness (QED) is 0.798. The Balaban J connectivity index is 3.47. The number of hydrogen-bond donors (Lipinski definition) is 2. The van der Waals surface area contributed by atoms with E-state index in [9.17, 15) is 9.59 Å². The Bertz CT molecular complexity index is 409. The van der Waals surface area contributed by atoms with E-state index in [2.05, 4.69) is 41.8 Å². The van der Waals surface area contributed by atoms with Crippen molar-refractivity contribution in [3.05, 3.63) is 22.8 Å². The zero-order valence-electron chi connectivity index (χ0n) is 7.78. The van der Waals surface area contributed by atoms with Crippen molar-refractivity contribution in [1.29, 1.82) is 0 Å². The van der Waals surface area contributed by atoms with Crippen LogP contribution in [0.15, 0.2) is 0 Å². The summed E-state index contributed by atoms with van der Waals surface area (Å²) in [7, 11) is 0. The number of halogens is 2. The monoisotopic (exact) mass is 352 g/mol. The van der Waals surface area contributed by atoms with Crippen LogP contribution < -0.4 is 0 Å². The largest absolute Gasteiger partial charge is 0.476 e. The molecule has 0 aliphatic heterocycles. The van der Waals surface area contributed by atoms with Gasteiger partial charge < -0.3 is 10.2 Å². The van der Waals surface area contributed by atoms with E-state index in [4.69, 9.17) is 10.2 Å². The average Bonchev–Trinajstić information content (AvgIpc) is 2.26. The molecule has 0 aromatic carbocycles. The van der Waals surface area contributed by atoms with Crippen molar-refractivity contribution < 1.29 is 19.8 Å². The third-order valence-corrected chi connectivity index (χ3v) is 2.77. The van der Waals surface area contributed by atoms with Crippen molar-refractivity contribution >= 4 is 43.8 Å². The number of carboxylic acid groups (broad SMARTS) is 2. The van der Waals surface area contributed by atoms with Crippen LogP contribution >= 0.6 is 31.9 Å². The number of carboxylic acids is 2. The first-order chi connectivity index (χ1) is 7.51. The number of rotatable bonds is 4. The van der Waals surface area contributed by atoms with E-state index < -0.39 is 23.3 Å². The summed E-state index contributed by atoms with van der Waals surface area (Å²) in [5.41, 5.74) is -0.295. The van der Waals surface area contributed by atoms with Gasteiger partial charge in [-0.25, -0.2) is 19.6 Å². The Kier molecular flexibility index (Phi) is 4.36. The third kappa shape index (κ3) is 2.56. The lowest BCUT2D eigenvalue weighted by Crippen LogP contribution is -2.16. The van der Waals surface area contributed by atoms with E-state index in [1.165, 1.54) is 0 Å². The van der Waals surface area contributed by atoms with Crippen molar-refractivity contribution in [3.8, 4) is 0 Å². The highest BCUT2D eigenvalue weighted by Gasteiger charge is 2.22. The Labute approximate surface area is 107 Å². The summed E-state index contributed by atoms with van der Waals surface area (Å²) in [6.07, 6.45) is 0. The standard InChI is InChI=1S/C8H6Br2N2O4/c9-1-3-4(2-10)12-6(8(15)16)5(11-3)7(13)14/h1-2H2,(H,13,14)(H,15,16). The zero-order chi connectivity index (χ0) is 12.3. The first kappa shape index (κ1) is 13.0. The summed E-state index contributed by atoms with van der Waals surface area (Å²) in [5, 5.41) is 18.2. The van der Waals surface area contributed by atoms with E-state index >= 15 is 0 Å². The molecule has 1 aromatic heterocycles. The minimum Gasteiger partial charge on any atom is -0.476 e. The van der Waals surface area contributed by atoms with E-state index in [1.807, 2.05) is 0 Å². The Morgan fingerprint density at radius 1 is 0.938 bits per heavy atom. The highest BCUT2D eigenvalue weighted by atomic mass is 79.9. The first-order valence-corrected chi connectivity index (χ1v) is 6.23. The van der Waals surface area contributed by atoms with Crippen molar-refractivity contribution in [3.63, 3.8) is 0 Å². The van der Waals surface area contributed by atoms with Gasteiger partial charge in [0.1, 0.15) is 0 Å². The van der Waals surface area contributed by atoms with E-state index in [0.717, 1.165) is 0 Å². The molecule has 0 aliphatic rings. The van der Waals surface area contributed by atoms with Crippen molar-refractivity contribution in [2.75, 3.05) is 0 Å². The van der Waals surface area contributed by atoms with Gasteiger partial charge >= 0.3 is 11.9 Å². The molecule has 2 N–H and O–H groups in total. The van der Waals surface area contributed by atoms with Crippen LogP contribution in [0.4, 0.5) is 0 Å². The highest BCUT2D eigenvalue weighted by Crippen LogP contribution is 2.15. The van der Waals surface area contributed by atoms with Crippen molar-refractivity contribution in [2.45, 2.75) is 10.7 Å². The molecule has 1 rings (SSSR count). The van der Waals surface area contributed by atoms with Crippen LogP contribution in [0.1, 0.15) is 32.4 Å². The topological polar surface area (TPSA) is 100 Å². The van der Waals surface area contributed by atoms with Crippen molar-refractivity contribution in [1.82, 2.24) is 9.97 Å². The van der Waals surface area contributed by atoms with Gasteiger partial charge in [-0.15, -0.1) is 0 Å². The molecular formula is C8H6Br2N2O4. The lowest BCUT2D eigenvalue weighted by molar-refractivity contribution is 0.0640. The van der Waals surface area contributed by atoms with Crippen LogP contribution in [0.5, 0.6) is 0 Å². The van der Waals surface area contributed by atoms with Crippen LogP contribution in [0.3, 0.4) is 0 Å². The molecule has 0 spiro atoms. The molecular weight excluding hydrogens is 348 g/mol. The van der Waals surface area contributed by atoms with Gasteiger partial charge in [0.15, 0.2) is 11.4 Å². The summed E-state index contributed by atoms with van der Waals surface area (Å²) in [5.74, 6) is -2.82. The summed E-state index contributed by atoms with van der Waals surface area (Å²) in [4.78, 5) is 29.1. The maximum Gasteiger partial charge on any atom is 0.357 e. The Morgan fingerprint density at radius 2 is 1.25 bits per heavy atom. The fourth-order valence-corrected chi connectivity index (χ4v) is 1.92. The SMILES string of the molecule is O=C(O)c1nc(CBr)c(CBr)nc1C(=O)O. The minimum atomic E-state index is -1.41. The molecule has 0 bridgehead atoms. The number of carbonyl (C=O) groups is 2. The summed E-state index contributed by atoms with van der Waals surface area (Å²) >= 11 is 6.26. The van der Waals surface area contributed by atoms with Crippen LogP contribution in [-0.2, 0) is 10.7 Å². The molecule has 0 radical (unpaired) electrons. The number of aromatic nitrogens is 2. The molecule has 0 unspecified atom stereocenters. The Hall–Kier alpha value is -1.02. The second-order valence-electron chi connectivity index (χ2n) is 2.69. The molecule has 0 fully saturated rings. The van der Waals surface area contributed by atoms with Gasteiger partial charge in [0.25, 0.3) is 0 Å². The molecule has 8 heteroatoms. The molecule has 1 aromatic rings. The van der Waals surface area contributed by atoms with Gasteiger partial charge in [-0.2, -0.15) is 0 Å².